The average molecular weight is 359 g/mol. The van der Waals surface area contributed by atoms with Crippen LogP contribution >= 0.6 is 0 Å². The van der Waals surface area contributed by atoms with Crippen LogP contribution in [0.4, 0.5) is 14.0 Å². The number of aliphatic carboxylic acids is 1. The molecule has 2 bridgehead atoms. The number of urea groups is 1. The molecule has 0 saturated carbocycles. The van der Waals surface area contributed by atoms with Gasteiger partial charge in [0, 0.05) is 13.1 Å². The zero-order valence-corrected chi connectivity index (χ0v) is 14.5. The van der Waals surface area contributed by atoms with Gasteiger partial charge >= 0.3 is 24.5 Å². The number of carboxylic acid groups (broad SMARTS) is 1. The zero-order valence-electron chi connectivity index (χ0n) is 14.5. The predicted octanol–water partition coefficient (Wildman–Crippen LogP) is 1.26. The van der Waals surface area contributed by atoms with E-state index in [1.165, 1.54) is 4.90 Å². The van der Waals surface area contributed by atoms with Gasteiger partial charge in [-0.05, 0) is 27.7 Å². The molecule has 10 heteroatoms. The van der Waals surface area contributed by atoms with Gasteiger partial charge < -0.3 is 20.1 Å². The van der Waals surface area contributed by atoms with Crippen LogP contribution < -0.4 is 5.32 Å². The van der Waals surface area contributed by atoms with Crippen molar-refractivity contribution in [2.45, 2.75) is 51.7 Å². The number of carbonyl (C=O) groups is 3. The summed E-state index contributed by atoms with van der Waals surface area (Å²) in [6, 6.07) is -1.69. The first-order chi connectivity index (χ1) is 11.5. The van der Waals surface area contributed by atoms with Crippen molar-refractivity contribution in [3.05, 3.63) is 11.6 Å². The third-order valence-corrected chi connectivity index (χ3v) is 3.72. The lowest BCUT2D eigenvalue weighted by molar-refractivity contribution is -0.219. The second-order valence-electron chi connectivity index (χ2n) is 6.90. The molecule has 2 aliphatic rings. The molecule has 25 heavy (non-hydrogen) atoms. The molecule has 1 fully saturated rings. The number of ether oxygens (including phenoxy) is 1. The molecule has 3 atom stereocenters. The molecule has 0 spiro atoms. The van der Waals surface area contributed by atoms with Crippen LogP contribution in [0.1, 0.15) is 27.7 Å². The standard InChI is InChI=1S/C15H22FN3O6/c1-8-5-9-7-18(14(23)19(9)25-11(16)12(20)21)10(8)6-17-13(22)24-15(2,3)4/h5,9-11H,6-7H2,1-4H3,(H,17,22)(H,20,21)/t9-,10-,11-/m1/s1. The van der Waals surface area contributed by atoms with Crippen molar-refractivity contribution in [2.24, 2.45) is 0 Å². The Morgan fingerprint density at radius 1 is 1.48 bits per heavy atom. The van der Waals surface area contributed by atoms with Crippen LogP contribution in [0.3, 0.4) is 0 Å². The lowest BCUT2D eigenvalue weighted by Gasteiger charge is -2.30. The maximum absolute atomic E-state index is 13.3. The van der Waals surface area contributed by atoms with Crippen molar-refractivity contribution in [3.63, 3.8) is 0 Å². The van der Waals surface area contributed by atoms with E-state index in [1.807, 2.05) is 0 Å². The number of carboxylic acids is 1. The Balaban J connectivity index is 2.01. The Hall–Kier alpha value is -2.36. The fourth-order valence-corrected chi connectivity index (χ4v) is 2.70. The molecule has 140 valence electrons. The number of alkyl halides is 1. The van der Waals surface area contributed by atoms with Crippen LogP contribution in [0.15, 0.2) is 11.6 Å². The molecule has 2 N–H and O–H groups in total. The van der Waals surface area contributed by atoms with Crippen LogP contribution in [0.5, 0.6) is 0 Å². The van der Waals surface area contributed by atoms with Gasteiger partial charge in [-0.25, -0.2) is 23.6 Å². The van der Waals surface area contributed by atoms with Gasteiger partial charge in [0.05, 0.1) is 12.1 Å². The quantitative estimate of drug-likeness (QED) is 0.716. The Labute approximate surface area is 144 Å². The molecule has 2 heterocycles. The van der Waals surface area contributed by atoms with E-state index in [0.29, 0.717) is 0 Å². The van der Waals surface area contributed by atoms with Crippen molar-refractivity contribution in [1.82, 2.24) is 15.3 Å². The van der Waals surface area contributed by atoms with Crippen LogP contribution in [-0.2, 0) is 14.4 Å². The number of amides is 3. The largest absolute Gasteiger partial charge is 0.477 e. The summed E-state index contributed by atoms with van der Waals surface area (Å²) in [5, 5.41) is 11.9. The summed E-state index contributed by atoms with van der Waals surface area (Å²) < 4.78 is 18.4. The van der Waals surface area contributed by atoms with E-state index >= 15 is 0 Å². The van der Waals surface area contributed by atoms with E-state index in [9.17, 15) is 18.8 Å². The smallest absolute Gasteiger partial charge is 0.407 e. The molecule has 0 aromatic heterocycles. The zero-order chi connectivity index (χ0) is 18.9. The number of hydroxylamine groups is 2. The monoisotopic (exact) mass is 359 g/mol. The maximum atomic E-state index is 13.3. The number of hydrogen-bond acceptors (Lipinski definition) is 5. The third kappa shape index (κ3) is 4.38. The molecule has 9 nitrogen and oxygen atoms in total. The Bertz CT molecular complexity index is 603. The number of carbonyl (C=O) groups excluding carboxylic acids is 2. The predicted molar refractivity (Wildman–Crippen MR) is 83.1 cm³/mol. The van der Waals surface area contributed by atoms with Gasteiger partial charge in [-0.2, -0.15) is 5.06 Å². The molecular formula is C15H22FN3O6. The first-order valence-corrected chi connectivity index (χ1v) is 7.78. The number of alkyl carbamates (subject to hydrolysis) is 1. The van der Waals surface area contributed by atoms with Gasteiger partial charge in [0.2, 0.25) is 0 Å². The summed E-state index contributed by atoms with van der Waals surface area (Å²) in [7, 11) is 0. The minimum absolute atomic E-state index is 0.113. The molecule has 2 rings (SSSR count). The highest BCUT2D eigenvalue weighted by Crippen LogP contribution is 2.29. The topological polar surface area (TPSA) is 108 Å². The van der Waals surface area contributed by atoms with Crippen LogP contribution in [-0.4, -0.2) is 70.3 Å². The highest BCUT2D eigenvalue weighted by molar-refractivity contribution is 5.79. The highest BCUT2D eigenvalue weighted by atomic mass is 19.1. The summed E-state index contributed by atoms with van der Waals surface area (Å²) in [4.78, 5) is 40.7. The average Bonchev–Trinajstić information content (AvgIpc) is 2.70. The molecule has 0 radical (unpaired) electrons. The van der Waals surface area contributed by atoms with Gasteiger partial charge in [0.25, 0.3) is 0 Å². The lowest BCUT2D eigenvalue weighted by Crippen LogP contribution is -2.48. The molecule has 0 aromatic carbocycles. The number of halogens is 1. The van der Waals surface area contributed by atoms with Crippen molar-refractivity contribution >= 4 is 18.1 Å². The molecule has 0 aliphatic carbocycles. The maximum Gasteiger partial charge on any atom is 0.407 e. The minimum atomic E-state index is -2.63. The van der Waals surface area contributed by atoms with E-state index < -0.39 is 42.1 Å². The van der Waals surface area contributed by atoms with Gasteiger partial charge in [-0.15, -0.1) is 0 Å². The van der Waals surface area contributed by atoms with Crippen molar-refractivity contribution in [1.29, 1.82) is 0 Å². The number of hydrogen-bond donors (Lipinski definition) is 2. The highest BCUT2D eigenvalue weighted by Gasteiger charge is 2.46. The lowest BCUT2D eigenvalue weighted by atomic mass is 10.0. The summed E-state index contributed by atoms with van der Waals surface area (Å²) in [6.07, 6.45) is -1.55. The number of nitrogens with one attached hydrogen (secondary N) is 1. The molecular weight excluding hydrogens is 337 g/mol. The number of rotatable bonds is 5. The Morgan fingerprint density at radius 3 is 2.68 bits per heavy atom. The van der Waals surface area contributed by atoms with Crippen LogP contribution in [0.2, 0.25) is 0 Å². The molecule has 0 unspecified atom stereocenters. The first-order valence-electron chi connectivity index (χ1n) is 7.78. The Kier molecular flexibility index (Phi) is 5.21. The fourth-order valence-electron chi connectivity index (χ4n) is 2.70. The summed E-state index contributed by atoms with van der Waals surface area (Å²) in [6.45, 7) is 7.29. The second kappa shape index (κ2) is 6.87. The van der Waals surface area contributed by atoms with E-state index in [0.717, 1.165) is 10.6 Å². The van der Waals surface area contributed by atoms with Gasteiger partial charge in [0.1, 0.15) is 5.60 Å². The molecule has 0 aromatic rings. The van der Waals surface area contributed by atoms with E-state index in [4.69, 9.17) is 9.84 Å². The van der Waals surface area contributed by atoms with Gasteiger partial charge in [-0.1, -0.05) is 11.6 Å². The third-order valence-electron chi connectivity index (χ3n) is 3.72. The first kappa shape index (κ1) is 19.0. The molecule has 3 amide bonds. The van der Waals surface area contributed by atoms with Gasteiger partial charge in [0.15, 0.2) is 0 Å². The van der Waals surface area contributed by atoms with Gasteiger partial charge in [-0.3, -0.25) is 0 Å². The van der Waals surface area contributed by atoms with E-state index in [-0.39, 0.29) is 13.1 Å². The SMILES string of the molecule is CC1=C[C@@H]2CN(C(=O)N2O[C@@H](F)C(=O)O)[C@@H]1CNC(=O)OC(C)(C)C. The summed E-state index contributed by atoms with van der Waals surface area (Å²) in [5.41, 5.74) is 0.130. The molecule has 2 aliphatic heterocycles. The summed E-state index contributed by atoms with van der Waals surface area (Å²) in [5.74, 6) is -1.81. The number of nitrogens with zero attached hydrogens (tertiary/aromatic N) is 2. The second-order valence-corrected chi connectivity index (χ2v) is 6.90. The normalized spacial score (nSPS) is 24.0. The Morgan fingerprint density at radius 2 is 2.12 bits per heavy atom. The minimum Gasteiger partial charge on any atom is -0.477 e. The van der Waals surface area contributed by atoms with E-state index in [2.05, 4.69) is 10.2 Å². The van der Waals surface area contributed by atoms with Crippen LogP contribution in [0, 0.1) is 0 Å². The number of fused-ring (bicyclic) bond motifs is 2. The van der Waals surface area contributed by atoms with Crippen LogP contribution in [0.25, 0.3) is 0 Å². The molecule has 1 saturated heterocycles. The van der Waals surface area contributed by atoms with Crippen molar-refractivity contribution in [2.75, 3.05) is 13.1 Å². The fraction of sp³-hybridized carbons (Fsp3) is 0.667. The van der Waals surface area contributed by atoms with Crippen molar-refractivity contribution < 1.29 is 33.5 Å². The summed E-state index contributed by atoms with van der Waals surface area (Å²) >= 11 is 0. The van der Waals surface area contributed by atoms with Crippen molar-refractivity contribution in [3.8, 4) is 0 Å². The van der Waals surface area contributed by atoms with E-state index in [1.54, 1.807) is 33.8 Å².